The number of hydrogen-bond acceptors (Lipinski definition) is 3. The van der Waals surface area contributed by atoms with Crippen LogP contribution in [0.3, 0.4) is 0 Å². The third-order valence-electron chi connectivity index (χ3n) is 3.01. The molecule has 1 saturated heterocycles. The van der Waals surface area contributed by atoms with E-state index in [1.54, 1.807) is 6.07 Å². The number of likely N-dealkylation sites (tertiary alicyclic amines) is 1. The number of rotatable bonds is 2. The number of aromatic carboxylic acids is 1. The maximum atomic E-state index is 10.8. The molecule has 1 aromatic heterocycles. The Hall–Kier alpha value is -0.580. The van der Waals surface area contributed by atoms with E-state index in [1.807, 2.05) is 0 Å². The van der Waals surface area contributed by atoms with E-state index in [1.165, 1.54) is 11.3 Å². The highest BCUT2D eigenvalue weighted by Gasteiger charge is 2.23. The molecule has 1 aromatic rings. The molecular formula is C11H14ClNO2S. The van der Waals surface area contributed by atoms with Crippen LogP contribution < -0.4 is 0 Å². The summed E-state index contributed by atoms with van der Waals surface area (Å²) in [5.41, 5.74) is 0. The lowest BCUT2D eigenvalue weighted by molar-refractivity contribution is 0.0702. The molecule has 0 atom stereocenters. The van der Waals surface area contributed by atoms with Crippen molar-refractivity contribution in [1.82, 2.24) is 4.90 Å². The average Bonchev–Trinajstić information content (AvgIpc) is 2.62. The predicted octanol–water partition coefficient (Wildman–Crippen LogP) is 2.91. The first kappa shape index (κ1) is 11.9. The van der Waals surface area contributed by atoms with Crippen LogP contribution in [0, 0.1) is 0 Å². The van der Waals surface area contributed by atoms with Crippen LogP contribution in [0.4, 0.5) is 0 Å². The predicted molar refractivity (Wildman–Crippen MR) is 65.8 cm³/mol. The van der Waals surface area contributed by atoms with Crippen LogP contribution in [0.5, 0.6) is 0 Å². The van der Waals surface area contributed by atoms with Gasteiger partial charge in [-0.25, -0.2) is 4.79 Å². The van der Waals surface area contributed by atoms with E-state index in [4.69, 9.17) is 16.7 Å². The van der Waals surface area contributed by atoms with Gasteiger partial charge in [-0.15, -0.1) is 11.3 Å². The van der Waals surface area contributed by atoms with Gasteiger partial charge in [0.2, 0.25) is 0 Å². The van der Waals surface area contributed by atoms with Crippen LogP contribution in [-0.4, -0.2) is 36.1 Å². The van der Waals surface area contributed by atoms with Gasteiger partial charge in [0.25, 0.3) is 0 Å². The van der Waals surface area contributed by atoms with Crippen LogP contribution in [0.25, 0.3) is 0 Å². The molecule has 2 rings (SSSR count). The van der Waals surface area contributed by atoms with Gasteiger partial charge in [0.1, 0.15) is 4.88 Å². The second kappa shape index (κ2) is 4.73. The normalized spacial score (nSPS) is 18.9. The minimum Gasteiger partial charge on any atom is -0.477 e. The molecule has 0 aliphatic carbocycles. The van der Waals surface area contributed by atoms with Gasteiger partial charge < -0.3 is 10.0 Å². The summed E-state index contributed by atoms with van der Waals surface area (Å²) in [5, 5.41) is 9.53. The van der Waals surface area contributed by atoms with E-state index < -0.39 is 5.97 Å². The summed E-state index contributed by atoms with van der Waals surface area (Å²) >= 11 is 7.42. The first-order chi connectivity index (χ1) is 7.58. The molecule has 0 aromatic carbocycles. The summed E-state index contributed by atoms with van der Waals surface area (Å²) in [7, 11) is 2.11. The van der Waals surface area contributed by atoms with Crippen molar-refractivity contribution in [1.29, 1.82) is 0 Å². The largest absolute Gasteiger partial charge is 0.477 e. The molecule has 1 aliphatic heterocycles. The molecule has 1 aliphatic rings. The van der Waals surface area contributed by atoms with Crippen molar-refractivity contribution in [3.8, 4) is 0 Å². The van der Waals surface area contributed by atoms with Gasteiger partial charge >= 0.3 is 5.97 Å². The molecule has 0 unspecified atom stereocenters. The van der Waals surface area contributed by atoms with E-state index in [2.05, 4.69) is 11.9 Å². The van der Waals surface area contributed by atoms with E-state index >= 15 is 0 Å². The van der Waals surface area contributed by atoms with Crippen LogP contribution >= 0.6 is 22.9 Å². The van der Waals surface area contributed by atoms with E-state index in [0.29, 0.717) is 15.8 Å². The zero-order valence-electron chi connectivity index (χ0n) is 9.07. The molecule has 16 heavy (non-hydrogen) atoms. The fourth-order valence-electron chi connectivity index (χ4n) is 2.04. The quantitative estimate of drug-likeness (QED) is 0.888. The standard InChI is InChI=1S/C11H14ClNO2S/c1-13-4-2-7(3-5-13)10-8(12)6-9(16-10)11(14)15/h6-7H,2-5H2,1H3,(H,14,15). The smallest absolute Gasteiger partial charge is 0.345 e. The summed E-state index contributed by atoms with van der Waals surface area (Å²) in [4.78, 5) is 14.5. The molecule has 0 saturated carbocycles. The van der Waals surface area contributed by atoms with E-state index in [0.717, 1.165) is 30.8 Å². The van der Waals surface area contributed by atoms with E-state index in [9.17, 15) is 4.79 Å². The lowest BCUT2D eigenvalue weighted by Crippen LogP contribution is -2.28. The Morgan fingerprint density at radius 3 is 2.69 bits per heavy atom. The van der Waals surface area contributed by atoms with Crippen molar-refractivity contribution in [3.05, 3.63) is 20.8 Å². The number of carboxylic acids is 1. The Kier molecular flexibility index (Phi) is 3.52. The summed E-state index contributed by atoms with van der Waals surface area (Å²) < 4.78 is 0. The number of carboxylic acid groups (broad SMARTS) is 1. The fraction of sp³-hybridized carbons (Fsp3) is 0.545. The Balaban J connectivity index is 2.17. The maximum Gasteiger partial charge on any atom is 0.345 e. The van der Waals surface area contributed by atoms with Crippen molar-refractivity contribution in [2.45, 2.75) is 18.8 Å². The molecule has 5 heteroatoms. The molecule has 0 bridgehead atoms. The number of carbonyl (C=O) groups is 1. The zero-order chi connectivity index (χ0) is 11.7. The molecular weight excluding hydrogens is 246 g/mol. The van der Waals surface area contributed by atoms with Gasteiger partial charge in [-0.1, -0.05) is 11.6 Å². The summed E-state index contributed by atoms with van der Waals surface area (Å²) in [6.07, 6.45) is 2.13. The minimum atomic E-state index is -0.883. The second-order valence-electron chi connectivity index (χ2n) is 4.21. The molecule has 0 radical (unpaired) electrons. The number of thiophene rings is 1. The van der Waals surface area contributed by atoms with Crippen molar-refractivity contribution in [2.75, 3.05) is 20.1 Å². The first-order valence-electron chi connectivity index (χ1n) is 5.29. The molecule has 1 N–H and O–H groups in total. The van der Waals surface area contributed by atoms with Crippen LogP contribution in [0.2, 0.25) is 5.02 Å². The summed E-state index contributed by atoms with van der Waals surface area (Å²) in [6.45, 7) is 2.11. The second-order valence-corrected chi connectivity index (χ2v) is 5.70. The lowest BCUT2D eigenvalue weighted by atomic mass is 9.95. The Labute approximate surface area is 104 Å². The fourth-order valence-corrected chi connectivity index (χ4v) is 3.54. The van der Waals surface area contributed by atoms with Crippen molar-refractivity contribution in [3.63, 3.8) is 0 Å². The van der Waals surface area contributed by atoms with Gasteiger partial charge in [0.15, 0.2) is 0 Å². The van der Waals surface area contributed by atoms with Gasteiger partial charge in [0, 0.05) is 4.88 Å². The summed E-state index contributed by atoms with van der Waals surface area (Å²) in [5.74, 6) is -0.451. The molecule has 1 fully saturated rings. The molecule has 88 valence electrons. The molecule has 0 amide bonds. The van der Waals surface area contributed by atoms with Crippen LogP contribution in [0.1, 0.15) is 33.3 Å². The lowest BCUT2D eigenvalue weighted by Gasteiger charge is -2.28. The Bertz CT molecular complexity index is 397. The SMILES string of the molecule is CN1CCC(c2sc(C(=O)O)cc2Cl)CC1. The van der Waals surface area contributed by atoms with Crippen LogP contribution in [0.15, 0.2) is 6.07 Å². The van der Waals surface area contributed by atoms with Gasteiger partial charge in [-0.2, -0.15) is 0 Å². The van der Waals surface area contributed by atoms with Gasteiger partial charge in [-0.3, -0.25) is 0 Å². The highest BCUT2D eigenvalue weighted by molar-refractivity contribution is 7.14. The highest BCUT2D eigenvalue weighted by Crippen LogP contribution is 2.38. The third-order valence-corrected chi connectivity index (χ3v) is 4.72. The van der Waals surface area contributed by atoms with Crippen molar-refractivity contribution < 1.29 is 9.90 Å². The number of nitrogens with zero attached hydrogens (tertiary/aromatic N) is 1. The first-order valence-corrected chi connectivity index (χ1v) is 6.48. The van der Waals surface area contributed by atoms with E-state index in [-0.39, 0.29) is 0 Å². The topological polar surface area (TPSA) is 40.5 Å². The number of piperidine rings is 1. The average molecular weight is 260 g/mol. The zero-order valence-corrected chi connectivity index (χ0v) is 10.6. The molecule has 0 spiro atoms. The van der Waals surface area contributed by atoms with Gasteiger partial charge in [-0.05, 0) is 45.0 Å². The molecule has 2 heterocycles. The van der Waals surface area contributed by atoms with Crippen molar-refractivity contribution in [2.24, 2.45) is 0 Å². The molecule has 3 nitrogen and oxygen atoms in total. The Morgan fingerprint density at radius 1 is 1.56 bits per heavy atom. The monoisotopic (exact) mass is 259 g/mol. The Morgan fingerprint density at radius 2 is 2.19 bits per heavy atom. The van der Waals surface area contributed by atoms with Crippen LogP contribution in [-0.2, 0) is 0 Å². The highest BCUT2D eigenvalue weighted by atomic mass is 35.5. The van der Waals surface area contributed by atoms with Gasteiger partial charge in [0.05, 0.1) is 5.02 Å². The third kappa shape index (κ3) is 2.39. The number of hydrogen-bond donors (Lipinski definition) is 1. The summed E-state index contributed by atoms with van der Waals surface area (Å²) in [6, 6.07) is 1.57. The number of halogens is 1. The maximum absolute atomic E-state index is 10.8. The minimum absolute atomic E-state index is 0.346. The van der Waals surface area contributed by atoms with Crippen molar-refractivity contribution >= 4 is 28.9 Å².